The van der Waals surface area contributed by atoms with Crippen LogP contribution in [0.3, 0.4) is 0 Å². The third kappa shape index (κ3) is 4.81. The van der Waals surface area contributed by atoms with E-state index in [0.29, 0.717) is 5.92 Å². The summed E-state index contributed by atoms with van der Waals surface area (Å²) in [6, 6.07) is 2.15. The van der Waals surface area contributed by atoms with E-state index in [-0.39, 0.29) is 17.7 Å². The Morgan fingerprint density at radius 2 is 1.96 bits per heavy atom. The molecule has 0 aromatic heterocycles. The van der Waals surface area contributed by atoms with Gasteiger partial charge in [0.2, 0.25) is 5.91 Å². The monoisotopic (exact) mass is 385 g/mol. The fourth-order valence-corrected chi connectivity index (χ4v) is 4.97. The van der Waals surface area contributed by atoms with Crippen molar-refractivity contribution in [3.8, 4) is 0 Å². The van der Waals surface area contributed by atoms with Gasteiger partial charge in [-0.1, -0.05) is 6.07 Å². The molecule has 1 amide bonds. The van der Waals surface area contributed by atoms with Crippen LogP contribution in [0.25, 0.3) is 0 Å². The molecular weight excluding hydrogens is 350 g/mol. The van der Waals surface area contributed by atoms with Crippen LogP contribution in [-0.2, 0) is 11.3 Å². The van der Waals surface area contributed by atoms with Gasteiger partial charge in [0.05, 0.1) is 6.04 Å². The van der Waals surface area contributed by atoms with Gasteiger partial charge in [-0.05, 0) is 94.6 Å². The Morgan fingerprint density at radius 3 is 2.64 bits per heavy atom. The highest BCUT2D eigenvalue weighted by atomic mass is 16.2. The highest BCUT2D eigenvalue weighted by molar-refractivity contribution is 5.97. The van der Waals surface area contributed by atoms with E-state index in [4.69, 9.17) is 0 Å². The summed E-state index contributed by atoms with van der Waals surface area (Å²) in [6.45, 7) is 12.6. The lowest BCUT2D eigenvalue weighted by Crippen LogP contribution is -2.45. The molecule has 28 heavy (non-hydrogen) atoms. The lowest BCUT2D eigenvalue weighted by Gasteiger charge is -2.34. The van der Waals surface area contributed by atoms with Crippen molar-refractivity contribution in [2.75, 3.05) is 26.2 Å². The maximum Gasteiger partial charge on any atom is 0.237 e. The Labute approximate surface area is 169 Å². The zero-order valence-corrected chi connectivity index (χ0v) is 17.9. The van der Waals surface area contributed by atoms with Crippen LogP contribution in [0.4, 0.5) is 0 Å². The van der Waals surface area contributed by atoms with E-state index in [1.165, 1.54) is 17.5 Å². The number of aryl methyl sites for hydroxylation is 2. The third-order valence-corrected chi connectivity index (χ3v) is 6.41. The van der Waals surface area contributed by atoms with Crippen molar-refractivity contribution in [2.45, 2.75) is 66.0 Å². The zero-order valence-electron chi connectivity index (χ0n) is 17.9. The third-order valence-electron chi connectivity index (χ3n) is 6.41. The Balaban J connectivity index is 1.61. The smallest absolute Gasteiger partial charge is 0.237 e. The first-order valence-corrected chi connectivity index (χ1v) is 10.7. The molecule has 154 valence electrons. The fourth-order valence-electron chi connectivity index (χ4n) is 4.97. The van der Waals surface area contributed by atoms with Gasteiger partial charge in [-0.25, -0.2) is 0 Å². The van der Waals surface area contributed by atoms with Crippen molar-refractivity contribution < 1.29 is 9.59 Å². The van der Waals surface area contributed by atoms with Crippen molar-refractivity contribution in [1.29, 1.82) is 0 Å². The average molecular weight is 386 g/mol. The summed E-state index contributed by atoms with van der Waals surface area (Å²) < 4.78 is 0. The minimum atomic E-state index is 0.00236. The molecule has 2 fully saturated rings. The molecule has 5 nitrogen and oxygen atoms in total. The molecule has 0 bridgehead atoms. The van der Waals surface area contributed by atoms with Crippen molar-refractivity contribution >= 4 is 11.7 Å². The van der Waals surface area contributed by atoms with Crippen LogP contribution in [0.15, 0.2) is 6.07 Å². The van der Waals surface area contributed by atoms with Crippen LogP contribution in [0, 0.1) is 26.7 Å². The number of likely N-dealkylation sites (tertiary alicyclic amines) is 1. The highest BCUT2D eigenvalue weighted by Gasteiger charge is 2.25. The predicted molar refractivity (Wildman–Crippen MR) is 113 cm³/mol. The van der Waals surface area contributed by atoms with Crippen molar-refractivity contribution in [3.63, 3.8) is 0 Å². The Morgan fingerprint density at radius 1 is 1.18 bits per heavy atom. The van der Waals surface area contributed by atoms with Gasteiger partial charge in [-0.2, -0.15) is 0 Å². The summed E-state index contributed by atoms with van der Waals surface area (Å²) in [4.78, 5) is 26.8. The first kappa shape index (κ1) is 21.0. The number of nitrogens with zero attached hydrogens (tertiary/aromatic N) is 1. The van der Waals surface area contributed by atoms with E-state index in [2.05, 4.69) is 35.4 Å². The fraction of sp³-hybridized carbons (Fsp3) is 0.652. The molecule has 0 spiro atoms. The minimum absolute atomic E-state index is 0.00236. The van der Waals surface area contributed by atoms with Gasteiger partial charge < -0.3 is 10.6 Å². The molecule has 2 N–H and O–H groups in total. The lowest BCUT2D eigenvalue weighted by atomic mass is 9.90. The topological polar surface area (TPSA) is 61.4 Å². The van der Waals surface area contributed by atoms with Crippen molar-refractivity contribution in [3.05, 3.63) is 33.9 Å². The molecule has 3 rings (SSSR count). The number of benzene rings is 1. The van der Waals surface area contributed by atoms with Crippen LogP contribution in [0.1, 0.15) is 65.2 Å². The molecule has 0 radical (unpaired) electrons. The summed E-state index contributed by atoms with van der Waals surface area (Å²) in [5.41, 5.74) is 5.64. The largest absolute Gasteiger partial charge is 0.354 e. The van der Waals surface area contributed by atoms with E-state index >= 15 is 0 Å². The highest BCUT2D eigenvalue weighted by Crippen LogP contribution is 2.26. The maximum atomic E-state index is 12.3. The number of amides is 1. The molecule has 2 aliphatic rings. The lowest BCUT2D eigenvalue weighted by molar-refractivity contribution is -0.123. The molecule has 1 aromatic rings. The number of rotatable bonds is 6. The molecule has 2 aliphatic heterocycles. The van der Waals surface area contributed by atoms with Crippen LogP contribution in [-0.4, -0.2) is 48.8 Å². The number of ketones is 1. The van der Waals surface area contributed by atoms with Crippen LogP contribution >= 0.6 is 0 Å². The minimum Gasteiger partial charge on any atom is -0.354 e. The first-order chi connectivity index (χ1) is 13.4. The zero-order chi connectivity index (χ0) is 20.3. The molecule has 2 unspecified atom stereocenters. The molecule has 2 heterocycles. The quantitative estimate of drug-likeness (QED) is 0.739. The predicted octanol–water partition coefficient (Wildman–Crippen LogP) is 2.89. The summed E-state index contributed by atoms with van der Waals surface area (Å²) in [6.07, 6.45) is 4.37. The van der Waals surface area contributed by atoms with Gasteiger partial charge in [-0.15, -0.1) is 0 Å². The molecular formula is C23H35N3O2. The Bertz CT molecular complexity index is 738. The van der Waals surface area contributed by atoms with Crippen LogP contribution in [0.5, 0.6) is 0 Å². The summed E-state index contributed by atoms with van der Waals surface area (Å²) in [5, 5.41) is 6.43. The number of Topliss-reactive ketones (excluding diaryl/α,β-unsaturated/α-hetero) is 1. The summed E-state index contributed by atoms with van der Waals surface area (Å²) >= 11 is 0. The van der Waals surface area contributed by atoms with E-state index < -0.39 is 0 Å². The SMILES string of the molecule is CC(=O)c1c(C)cc(C)c(CN2CCCC(CNC(=O)C3CCCN3)C2)c1C. The second-order valence-electron chi connectivity index (χ2n) is 8.68. The summed E-state index contributed by atoms with van der Waals surface area (Å²) in [5.74, 6) is 0.805. The number of hydrogen-bond acceptors (Lipinski definition) is 4. The first-order valence-electron chi connectivity index (χ1n) is 10.7. The molecule has 1 aromatic carbocycles. The molecule has 0 saturated carbocycles. The van der Waals surface area contributed by atoms with Gasteiger partial charge in [-0.3, -0.25) is 14.5 Å². The van der Waals surface area contributed by atoms with Gasteiger partial charge >= 0.3 is 0 Å². The molecule has 0 aliphatic carbocycles. The Hall–Kier alpha value is -1.72. The van der Waals surface area contributed by atoms with Crippen molar-refractivity contribution in [1.82, 2.24) is 15.5 Å². The van der Waals surface area contributed by atoms with E-state index in [0.717, 1.165) is 68.7 Å². The van der Waals surface area contributed by atoms with E-state index in [1.807, 2.05) is 6.92 Å². The van der Waals surface area contributed by atoms with Gasteiger partial charge in [0, 0.05) is 25.2 Å². The van der Waals surface area contributed by atoms with Gasteiger partial charge in [0.25, 0.3) is 0 Å². The van der Waals surface area contributed by atoms with Crippen LogP contribution in [0.2, 0.25) is 0 Å². The average Bonchev–Trinajstić information content (AvgIpc) is 3.18. The normalized spacial score (nSPS) is 23.0. The molecule has 5 heteroatoms. The van der Waals surface area contributed by atoms with Crippen LogP contribution < -0.4 is 10.6 Å². The number of hydrogen-bond donors (Lipinski definition) is 2. The van der Waals surface area contributed by atoms with Gasteiger partial charge in [0.15, 0.2) is 5.78 Å². The molecule has 2 atom stereocenters. The number of carbonyl (C=O) groups is 2. The number of carbonyl (C=O) groups excluding carboxylic acids is 2. The standard InChI is InChI=1S/C23H35N3O2/c1-15-11-16(2)22(18(4)27)17(3)20(15)14-26-10-6-7-19(13-26)12-25-23(28)21-8-5-9-24-21/h11,19,21,24H,5-10,12-14H2,1-4H3,(H,25,28). The molecule has 2 saturated heterocycles. The summed E-state index contributed by atoms with van der Waals surface area (Å²) in [7, 11) is 0. The number of piperidine rings is 1. The number of nitrogens with one attached hydrogen (secondary N) is 2. The second-order valence-corrected chi connectivity index (χ2v) is 8.68. The van der Waals surface area contributed by atoms with Gasteiger partial charge in [0.1, 0.15) is 0 Å². The van der Waals surface area contributed by atoms with E-state index in [1.54, 1.807) is 6.92 Å². The van der Waals surface area contributed by atoms with E-state index in [9.17, 15) is 9.59 Å². The van der Waals surface area contributed by atoms with Crippen molar-refractivity contribution in [2.24, 2.45) is 5.92 Å². The maximum absolute atomic E-state index is 12.3. The second kappa shape index (κ2) is 9.19. The Kier molecular flexibility index (Phi) is 6.89.